The molecule has 9 heteroatoms. The average Bonchev–Trinajstić information content (AvgIpc) is 2.97. The van der Waals surface area contributed by atoms with Gasteiger partial charge < -0.3 is 20.0 Å². The molecule has 2 heterocycles. The molecule has 3 N–H and O–H groups in total. The Morgan fingerprint density at radius 2 is 1.83 bits per heavy atom. The number of alkyl halides is 3. The largest absolute Gasteiger partial charge is 0.491 e. The molecule has 1 fully saturated rings. The molecular formula is C15H20BCl3N2O3. The van der Waals surface area contributed by atoms with Gasteiger partial charge in [0, 0.05) is 12.7 Å². The summed E-state index contributed by atoms with van der Waals surface area (Å²) in [5.74, 6) is -0.628. The summed E-state index contributed by atoms with van der Waals surface area (Å²) < 4.78 is 9.97. The van der Waals surface area contributed by atoms with Gasteiger partial charge in [-0.1, -0.05) is 40.9 Å². The molecule has 1 aromatic rings. The Morgan fingerprint density at radius 1 is 1.29 bits per heavy atom. The zero-order valence-corrected chi connectivity index (χ0v) is 16.2. The molecule has 1 aromatic heterocycles. The Morgan fingerprint density at radius 3 is 2.29 bits per heavy atom. The van der Waals surface area contributed by atoms with E-state index >= 15 is 0 Å². The molecule has 0 spiro atoms. The standard InChI is InChI=1S/C15H20BCl3N2O3/c1-13(2)14(3,4)24-16(23-13)10(7-20)5-9-6-11(21-8-9)12(22)15(17,18)19/h5-6,8,21H,7,20H2,1-4H3. The van der Waals surface area contributed by atoms with Gasteiger partial charge in [0.05, 0.1) is 16.9 Å². The number of ketones is 1. The molecule has 1 aliphatic heterocycles. The van der Waals surface area contributed by atoms with E-state index in [-0.39, 0.29) is 12.2 Å². The molecule has 0 aromatic carbocycles. The van der Waals surface area contributed by atoms with Crippen LogP contribution in [0.2, 0.25) is 0 Å². The van der Waals surface area contributed by atoms with Crippen LogP contribution in [0.4, 0.5) is 0 Å². The maximum absolute atomic E-state index is 11.9. The highest BCUT2D eigenvalue weighted by Gasteiger charge is 2.52. The first kappa shape index (κ1) is 19.8. The Balaban J connectivity index is 2.24. The van der Waals surface area contributed by atoms with Crippen LogP contribution in [0.5, 0.6) is 0 Å². The van der Waals surface area contributed by atoms with E-state index in [1.54, 1.807) is 18.3 Å². The van der Waals surface area contributed by atoms with Gasteiger partial charge in [-0.25, -0.2) is 0 Å². The van der Waals surface area contributed by atoms with Crippen LogP contribution in [0.1, 0.15) is 43.7 Å². The minimum Gasteiger partial charge on any atom is -0.400 e. The molecular weight excluding hydrogens is 373 g/mol. The number of hydrogen-bond acceptors (Lipinski definition) is 4. The Hall–Kier alpha value is -0.495. The number of H-pyrrole nitrogens is 1. The van der Waals surface area contributed by atoms with E-state index in [0.29, 0.717) is 5.56 Å². The maximum atomic E-state index is 11.9. The zero-order valence-electron chi connectivity index (χ0n) is 14.0. The molecule has 0 atom stereocenters. The van der Waals surface area contributed by atoms with Crippen molar-refractivity contribution >= 4 is 53.8 Å². The summed E-state index contributed by atoms with van der Waals surface area (Å²) in [6, 6.07) is 1.59. The number of aromatic amines is 1. The van der Waals surface area contributed by atoms with Crippen molar-refractivity contribution in [3.05, 3.63) is 29.0 Å². The van der Waals surface area contributed by atoms with E-state index in [1.807, 2.05) is 27.7 Å². The fourth-order valence-electron chi connectivity index (χ4n) is 2.21. The van der Waals surface area contributed by atoms with Crippen LogP contribution in [-0.4, -0.2) is 39.4 Å². The number of nitrogens with one attached hydrogen (secondary N) is 1. The van der Waals surface area contributed by atoms with Crippen molar-refractivity contribution in [2.45, 2.75) is 42.7 Å². The molecule has 5 nitrogen and oxygen atoms in total. The van der Waals surface area contributed by atoms with Gasteiger partial charge in [-0.2, -0.15) is 0 Å². The summed E-state index contributed by atoms with van der Waals surface area (Å²) in [7, 11) is -0.553. The van der Waals surface area contributed by atoms with Crippen LogP contribution < -0.4 is 5.73 Å². The van der Waals surface area contributed by atoms with E-state index in [4.69, 9.17) is 49.8 Å². The lowest BCUT2D eigenvalue weighted by atomic mass is 9.77. The van der Waals surface area contributed by atoms with Gasteiger partial charge in [-0.3, -0.25) is 4.79 Å². The van der Waals surface area contributed by atoms with Crippen molar-refractivity contribution in [1.29, 1.82) is 0 Å². The first-order valence-electron chi connectivity index (χ1n) is 7.43. The molecule has 0 bridgehead atoms. The second kappa shape index (κ2) is 6.67. The lowest BCUT2D eigenvalue weighted by molar-refractivity contribution is 0.00578. The number of carbonyl (C=O) groups is 1. The lowest BCUT2D eigenvalue weighted by Gasteiger charge is -2.32. The van der Waals surface area contributed by atoms with Gasteiger partial charge in [0.15, 0.2) is 0 Å². The zero-order chi connectivity index (χ0) is 18.3. The lowest BCUT2D eigenvalue weighted by Crippen LogP contribution is -2.41. The Kier molecular flexibility index (Phi) is 5.51. The normalized spacial score (nSPS) is 20.5. The number of Topliss-reactive ketones (excluding diaryl/α,β-unsaturated/α-hetero) is 1. The predicted molar refractivity (Wildman–Crippen MR) is 98.5 cm³/mol. The van der Waals surface area contributed by atoms with Crippen molar-refractivity contribution < 1.29 is 14.1 Å². The SMILES string of the molecule is CC1(C)OB(C(=Cc2c[nH]c(C(=O)C(Cl)(Cl)Cl)c2)CN)OC1(C)C. The molecule has 0 saturated carbocycles. The highest BCUT2D eigenvalue weighted by atomic mass is 35.6. The highest BCUT2D eigenvalue weighted by molar-refractivity contribution is 6.77. The molecule has 132 valence electrons. The van der Waals surface area contributed by atoms with Crippen molar-refractivity contribution in [2.24, 2.45) is 5.73 Å². The van der Waals surface area contributed by atoms with E-state index in [1.165, 1.54) is 0 Å². The second-order valence-electron chi connectivity index (χ2n) is 6.69. The van der Waals surface area contributed by atoms with Crippen molar-refractivity contribution in [3.8, 4) is 0 Å². The second-order valence-corrected chi connectivity index (χ2v) is 8.97. The topological polar surface area (TPSA) is 77.3 Å². The van der Waals surface area contributed by atoms with E-state index < -0.39 is 27.9 Å². The average molecular weight is 394 g/mol. The van der Waals surface area contributed by atoms with Gasteiger partial charge >= 0.3 is 7.12 Å². The minimum absolute atomic E-state index is 0.200. The van der Waals surface area contributed by atoms with Gasteiger partial charge in [-0.05, 0) is 44.8 Å². The fraction of sp³-hybridized carbons (Fsp3) is 0.533. The third-order valence-corrected chi connectivity index (χ3v) is 4.87. The summed E-state index contributed by atoms with van der Waals surface area (Å²) in [6.07, 6.45) is 3.43. The van der Waals surface area contributed by atoms with Crippen LogP contribution in [-0.2, 0) is 9.31 Å². The van der Waals surface area contributed by atoms with E-state index in [0.717, 1.165) is 5.47 Å². The molecule has 0 aliphatic carbocycles. The number of aromatic nitrogens is 1. The fourth-order valence-corrected chi connectivity index (χ4v) is 2.52. The molecule has 1 saturated heterocycles. The molecule has 0 amide bonds. The van der Waals surface area contributed by atoms with Crippen LogP contribution in [0.3, 0.4) is 0 Å². The van der Waals surface area contributed by atoms with E-state index in [2.05, 4.69) is 4.98 Å². The number of rotatable bonds is 4. The first-order chi connectivity index (χ1) is 10.9. The Labute approximate surface area is 156 Å². The monoisotopic (exact) mass is 392 g/mol. The van der Waals surface area contributed by atoms with Gasteiger partial charge in [0.25, 0.3) is 3.79 Å². The number of hydrogen-bond donors (Lipinski definition) is 2. The quantitative estimate of drug-likeness (QED) is 0.466. The minimum atomic E-state index is -2.01. The van der Waals surface area contributed by atoms with Crippen molar-refractivity contribution in [3.63, 3.8) is 0 Å². The maximum Gasteiger partial charge on any atom is 0.491 e. The third kappa shape index (κ3) is 4.01. The number of nitrogens with two attached hydrogens (primary N) is 1. The summed E-state index contributed by atoms with van der Waals surface area (Å²) in [5, 5.41) is 0. The molecule has 2 rings (SSSR count). The van der Waals surface area contributed by atoms with Gasteiger partial charge in [0.2, 0.25) is 5.78 Å². The first-order valence-corrected chi connectivity index (χ1v) is 8.57. The molecule has 0 radical (unpaired) electrons. The molecule has 0 unspecified atom stereocenters. The molecule has 24 heavy (non-hydrogen) atoms. The van der Waals surface area contributed by atoms with Crippen LogP contribution in [0.25, 0.3) is 6.08 Å². The van der Waals surface area contributed by atoms with E-state index in [9.17, 15) is 4.79 Å². The predicted octanol–water partition coefficient (Wildman–Crippen LogP) is 3.54. The summed E-state index contributed by atoms with van der Waals surface area (Å²) in [6.45, 7) is 8.12. The summed E-state index contributed by atoms with van der Waals surface area (Å²) in [5.41, 5.74) is 6.59. The molecule has 1 aliphatic rings. The van der Waals surface area contributed by atoms with Gasteiger partial charge in [0.1, 0.15) is 0 Å². The van der Waals surface area contributed by atoms with Crippen LogP contribution in [0.15, 0.2) is 17.7 Å². The van der Waals surface area contributed by atoms with Crippen LogP contribution >= 0.6 is 34.8 Å². The number of halogens is 3. The smallest absolute Gasteiger partial charge is 0.400 e. The summed E-state index contributed by atoms with van der Waals surface area (Å²) in [4.78, 5) is 14.7. The summed E-state index contributed by atoms with van der Waals surface area (Å²) >= 11 is 16.8. The van der Waals surface area contributed by atoms with Gasteiger partial charge in [-0.15, -0.1) is 0 Å². The van der Waals surface area contributed by atoms with Crippen molar-refractivity contribution in [1.82, 2.24) is 4.98 Å². The number of carbonyl (C=O) groups excluding carboxylic acids is 1. The highest BCUT2D eigenvalue weighted by Crippen LogP contribution is 2.38. The Bertz CT molecular complexity index is 649. The third-order valence-electron chi connectivity index (χ3n) is 4.35. The van der Waals surface area contributed by atoms with Crippen LogP contribution in [0, 0.1) is 0 Å². The van der Waals surface area contributed by atoms with Crippen molar-refractivity contribution in [2.75, 3.05) is 6.54 Å².